The molecule has 0 aromatic heterocycles. The minimum absolute atomic E-state index is 0.253. The number of aliphatic carboxylic acids is 1. The second-order valence-electron chi connectivity index (χ2n) is 6.41. The lowest BCUT2D eigenvalue weighted by Gasteiger charge is -2.10. The molecule has 3 nitrogen and oxygen atoms in total. The first-order chi connectivity index (χ1) is 14.0. The smallest absolute Gasteiger partial charge is 0.341 e. The Morgan fingerprint density at radius 2 is 1.72 bits per heavy atom. The third kappa shape index (κ3) is 5.96. The molecule has 0 radical (unpaired) electrons. The predicted molar refractivity (Wildman–Crippen MR) is 115 cm³/mol. The van der Waals surface area contributed by atoms with Gasteiger partial charge in [0.25, 0.3) is 0 Å². The van der Waals surface area contributed by atoms with Crippen LogP contribution in [0.1, 0.15) is 16.7 Å². The van der Waals surface area contributed by atoms with Crippen molar-refractivity contribution in [3.05, 3.63) is 101 Å². The Kier molecular flexibility index (Phi) is 7.09. The first-order valence-corrected chi connectivity index (χ1v) is 10.1. The van der Waals surface area contributed by atoms with Crippen LogP contribution in [-0.4, -0.2) is 23.4 Å². The Morgan fingerprint density at radius 3 is 2.38 bits per heavy atom. The van der Waals surface area contributed by atoms with Crippen LogP contribution in [0.3, 0.4) is 0 Å². The van der Waals surface area contributed by atoms with Crippen LogP contribution in [0, 0.1) is 12.7 Å². The lowest BCUT2D eigenvalue weighted by molar-refractivity contribution is -0.139. The van der Waals surface area contributed by atoms with Crippen molar-refractivity contribution in [1.29, 1.82) is 0 Å². The van der Waals surface area contributed by atoms with Gasteiger partial charge in [-0.3, -0.25) is 0 Å². The number of carboxylic acid groups (broad SMARTS) is 1. The highest BCUT2D eigenvalue weighted by Gasteiger charge is 2.07. The average Bonchev–Trinajstić information content (AvgIpc) is 2.72. The molecule has 0 aliphatic heterocycles. The number of rotatable bonds is 8. The van der Waals surface area contributed by atoms with Crippen molar-refractivity contribution in [1.82, 2.24) is 0 Å². The maximum absolute atomic E-state index is 13.3. The molecule has 0 saturated carbocycles. The van der Waals surface area contributed by atoms with Gasteiger partial charge in [-0.25, -0.2) is 9.18 Å². The Labute approximate surface area is 173 Å². The third-order valence-corrected chi connectivity index (χ3v) is 5.38. The van der Waals surface area contributed by atoms with Crippen LogP contribution in [0.25, 0.3) is 5.57 Å². The molecule has 0 atom stereocenters. The average molecular weight is 408 g/mol. The number of carboxylic acids is 1. The fourth-order valence-corrected chi connectivity index (χ4v) is 3.76. The van der Waals surface area contributed by atoms with E-state index < -0.39 is 5.97 Å². The fourth-order valence-electron chi connectivity index (χ4n) is 2.88. The summed E-state index contributed by atoms with van der Waals surface area (Å²) in [5.74, 6) is 0.0236. The summed E-state index contributed by atoms with van der Waals surface area (Å²) in [7, 11) is 0. The number of carbonyl (C=O) groups is 1. The topological polar surface area (TPSA) is 46.5 Å². The molecule has 0 amide bonds. The van der Waals surface area contributed by atoms with Gasteiger partial charge in [0, 0.05) is 10.6 Å². The van der Waals surface area contributed by atoms with Crippen LogP contribution in [0.4, 0.5) is 4.39 Å². The fraction of sp³-hybridized carbons (Fsp3) is 0.125. The number of benzene rings is 3. The molecule has 1 N–H and O–H groups in total. The van der Waals surface area contributed by atoms with E-state index in [2.05, 4.69) is 6.08 Å². The molecule has 5 heteroatoms. The summed E-state index contributed by atoms with van der Waals surface area (Å²) in [5, 5.41) is 8.71. The monoisotopic (exact) mass is 408 g/mol. The largest absolute Gasteiger partial charge is 0.482 e. The number of ether oxygens (including phenoxy) is 1. The van der Waals surface area contributed by atoms with Crippen molar-refractivity contribution in [3.63, 3.8) is 0 Å². The van der Waals surface area contributed by atoms with Crippen LogP contribution in [0.5, 0.6) is 5.75 Å². The van der Waals surface area contributed by atoms with E-state index in [0.717, 1.165) is 32.9 Å². The molecule has 0 saturated heterocycles. The first-order valence-electron chi connectivity index (χ1n) is 9.12. The first kappa shape index (κ1) is 20.7. The molecule has 148 valence electrons. The van der Waals surface area contributed by atoms with Gasteiger partial charge in [-0.2, -0.15) is 0 Å². The van der Waals surface area contributed by atoms with Crippen molar-refractivity contribution >= 4 is 23.3 Å². The van der Waals surface area contributed by atoms with Gasteiger partial charge >= 0.3 is 5.97 Å². The van der Waals surface area contributed by atoms with E-state index in [1.807, 2.05) is 49.4 Å². The minimum Gasteiger partial charge on any atom is -0.482 e. The molecule has 0 spiro atoms. The summed E-state index contributed by atoms with van der Waals surface area (Å²) in [6.45, 7) is 1.62. The number of hydrogen-bond acceptors (Lipinski definition) is 3. The second-order valence-corrected chi connectivity index (χ2v) is 7.47. The molecule has 0 aliphatic rings. The zero-order chi connectivity index (χ0) is 20.6. The molecular formula is C24H21FO3S. The summed E-state index contributed by atoms with van der Waals surface area (Å²) in [4.78, 5) is 11.7. The Morgan fingerprint density at radius 1 is 1.03 bits per heavy atom. The van der Waals surface area contributed by atoms with E-state index >= 15 is 0 Å². The molecule has 0 heterocycles. The van der Waals surface area contributed by atoms with Crippen molar-refractivity contribution in [2.75, 3.05) is 12.4 Å². The zero-order valence-corrected chi connectivity index (χ0v) is 16.8. The van der Waals surface area contributed by atoms with Gasteiger partial charge in [-0.05, 0) is 59.5 Å². The van der Waals surface area contributed by atoms with Gasteiger partial charge in [0.1, 0.15) is 11.6 Å². The highest BCUT2D eigenvalue weighted by atomic mass is 32.2. The van der Waals surface area contributed by atoms with Gasteiger partial charge in [-0.1, -0.05) is 48.5 Å². The molecule has 3 aromatic rings. The van der Waals surface area contributed by atoms with Crippen LogP contribution in [0.15, 0.2) is 83.8 Å². The van der Waals surface area contributed by atoms with Gasteiger partial charge in [0.15, 0.2) is 6.61 Å². The molecule has 29 heavy (non-hydrogen) atoms. The maximum atomic E-state index is 13.3. The highest BCUT2D eigenvalue weighted by Crippen LogP contribution is 2.29. The SMILES string of the molecule is Cc1cc(OCC(=O)O)ccc1SCC=C(c1ccccc1)c1ccc(F)cc1. The predicted octanol–water partition coefficient (Wildman–Crippen LogP) is 5.82. The zero-order valence-electron chi connectivity index (χ0n) is 16.0. The van der Waals surface area contributed by atoms with E-state index in [9.17, 15) is 9.18 Å². The second kappa shape index (κ2) is 9.94. The minimum atomic E-state index is -1.000. The third-order valence-electron chi connectivity index (χ3n) is 4.28. The Hall–Kier alpha value is -3.05. The molecule has 0 unspecified atom stereocenters. The number of aryl methyl sites for hydroxylation is 1. The molecular weight excluding hydrogens is 387 g/mol. The number of thioether (sulfide) groups is 1. The van der Waals surface area contributed by atoms with E-state index in [4.69, 9.17) is 9.84 Å². The van der Waals surface area contributed by atoms with Crippen molar-refractivity contribution in [2.45, 2.75) is 11.8 Å². The quantitative estimate of drug-likeness (QED) is 0.477. The summed E-state index contributed by atoms with van der Waals surface area (Å²) in [6.07, 6.45) is 2.14. The summed E-state index contributed by atoms with van der Waals surface area (Å²) < 4.78 is 18.6. The Balaban J connectivity index is 1.76. The molecule has 3 rings (SSSR count). The van der Waals surface area contributed by atoms with Crippen LogP contribution >= 0.6 is 11.8 Å². The van der Waals surface area contributed by atoms with E-state index in [0.29, 0.717) is 5.75 Å². The summed E-state index contributed by atoms with van der Waals surface area (Å²) in [6, 6.07) is 22.1. The van der Waals surface area contributed by atoms with Crippen LogP contribution < -0.4 is 4.74 Å². The van der Waals surface area contributed by atoms with Gasteiger partial charge in [0.2, 0.25) is 0 Å². The molecule has 3 aromatic carbocycles. The number of halogens is 1. The van der Waals surface area contributed by atoms with E-state index in [-0.39, 0.29) is 12.4 Å². The lowest BCUT2D eigenvalue weighted by atomic mass is 9.98. The number of hydrogen-bond donors (Lipinski definition) is 1. The van der Waals surface area contributed by atoms with Gasteiger partial charge in [-0.15, -0.1) is 11.8 Å². The van der Waals surface area contributed by atoms with Crippen LogP contribution in [-0.2, 0) is 4.79 Å². The van der Waals surface area contributed by atoms with Crippen LogP contribution in [0.2, 0.25) is 0 Å². The molecule has 0 fully saturated rings. The molecule has 0 aliphatic carbocycles. The van der Waals surface area contributed by atoms with E-state index in [1.54, 1.807) is 30.0 Å². The normalized spacial score (nSPS) is 11.3. The maximum Gasteiger partial charge on any atom is 0.341 e. The van der Waals surface area contributed by atoms with Gasteiger partial charge in [0.05, 0.1) is 0 Å². The van der Waals surface area contributed by atoms with Gasteiger partial charge < -0.3 is 9.84 Å². The summed E-state index contributed by atoms with van der Waals surface area (Å²) in [5.41, 5.74) is 4.12. The van der Waals surface area contributed by atoms with Crippen molar-refractivity contribution < 1.29 is 19.0 Å². The standard InChI is InChI=1S/C24H21FO3S/c1-17-15-21(28-16-24(26)27)11-12-23(17)29-14-13-22(18-5-3-2-4-6-18)19-7-9-20(25)10-8-19/h2-13,15H,14,16H2,1H3,(H,26,27). The molecule has 0 bridgehead atoms. The van der Waals surface area contributed by atoms with E-state index in [1.165, 1.54) is 12.1 Å². The summed E-state index contributed by atoms with van der Waals surface area (Å²) >= 11 is 1.68. The Bertz CT molecular complexity index is 998. The van der Waals surface area contributed by atoms with Crippen molar-refractivity contribution in [2.24, 2.45) is 0 Å². The van der Waals surface area contributed by atoms with Crippen molar-refractivity contribution in [3.8, 4) is 5.75 Å². The highest BCUT2D eigenvalue weighted by molar-refractivity contribution is 7.99. The lowest BCUT2D eigenvalue weighted by Crippen LogP contribution is -2.09.